The van der Waals surface area contributed by atoms with E-state index in [-0.39, 0.29) is 17.9 Å². The van der Waals surface area contributed by atoms with Crippen molar-refractivity contribution in [3.05, 3.63) is 23.3 Å². The van der Waals surface area contributed by atoms with Crippen LogP contribution in [0.5, 0.6) is 5.75 Å². The van der Waals surface area contributed by atoms with Crippen molar-refractivity contribution >= 4 is 11.6 Å². The van der Waals surface area contributed by atoms with Crippen LogP contribution in [0.1, 0.15) is 24.0 Å². The van der Waals surface area contributed by atoms with Gasteiger partial charge in [0.2, 0.25) is 5.91 Å². The SMILES string of the molecule is COc1cc(C)cc(C)c1NC(=O)C1CC(N)C1. The standard InChI is InChI=1S/C14H20N2O2/c1-8-4-9(2)13(12(5-8)18-3)16-14(17)10-6-11(15)7-10/h4-5,10-11H,6-7,15H2,1-3H3,(H,16,17). The minimum Gasteiger partial charge on any atom is -0.495 e. The molecule has 0 spiro atoms. The lowest BCUT2D eigenvalue weighted by molar-refractivity contribution is -0.122. The predicted octanol–water partition coefficient (Wildman–Crippen LogP) is 1.99. The summed E-state index contributed by atoms with van der Waals surface area (Å²) >= 11 is 0. The van der Waals surface area contributed by atoms with Gasteiger partial charge in [-0.15, -0.1) is 0 Å². The fourth-order valence-electron chi connectivity index (χ4n) is 2.35. The van der Waals surface area contributed by atoms with Crippen LogP contribution >= 0.6 is 0 Å². The van der Waals surface area contributed by atoms with Crippen molar-refractivity contribution < 1.29 is 9.53 Å². The lowest BCUT2D eigenvalue weighted by Gasteiger charge is -2.31. The Kier molecular flexibility index (Phi) is 3.57. The molecule has 0 heterocycles. The van der Waals surface area contributed by atoms with E-state index in [0.29, 0.717) is 5.75 Å². The predicted molar refractivity (Wildman–Crippen MR) is 71.8 cm³/mol. The zero-order valence-electron chi connectivity index (χ0n) is 11.1. The molecular formula is C14H20N2O2. The van der Waals surface area contributed by atoms with Crippen molar-refractivity contribution in [3.8, 4) is 5.75 Å². The molecule has 0 saturated heterocycles. The number of nitrogens with one attached hydrogen (secondary N) is 1. The van der Waals surface area contributed by atoms with E-state index in [1.54, 1.807) is 7.11 Å². The van der Waals surface area contributed by atoms with Gasteiger partial charge in [-0.25, -0.2) is 0 Å². The molecule has 0 atom stereocenters. The summed E-state index contributed by atoms with van der Waals surface area (Å²) in [4.78, 5) is 12.0. The lowest BCUT2D eigenvalue weighted by Crippen LogP contribution is -2.42. The molecule has 1 amide bonds. The Morgan fingerprint density at radius 3 is 2.61 bits per heavy atom. The number of aryl methyl sites for hydroxylation is 2. The molecule has 1 fully saturated rings. The first-order valence-electron chi connectivity index (χ1n) is 6.23. The van der Waals surface area contributed by atoms with Gasteiger partial charge in [0.1, 0.15) is 5.75 Å². The van der Waals surface area contributed by atoms with E-state index in [1.165, 1.54) is 0 Å². The van der Waals surface area contributed by atoms with Crippen LogP contribution in [0.15, 0.2) is 12.1 Å². The summed E-state index contributed by atoms with van der Waals surface area (Å²) in [6.45, 7) is 3.98. The maximum atomic E-state index is 12.0. The molecule has 0 unspecified atom stereocenters. The van der Waals surface area contributed by atoms with Crippen LogP contribution in [-0.2, 0) is 4.79 Å². The van der Waals surface area contributed by atoms with E-state index in [2.05, 4.69) is 5.32 Å². The molecule has 1 saturated carbocycles. The average molecular weight is 248 g/mol. The highest BCUT2D eigenvalue weighted by molar-refractivity contribution is 5.95. The minimum absolute atomic E-state index is 0.0435. The Bertz CT molecular complexity index is 465. The van der Waals surface area contributed by atoms with E-state index in [1.807, 2.05) is 26.0 Å². The molecule has 0 radical (unpaired) electrons. The molecule has 0 aliphatic heterocycles. The lowest BCUT2D eigenvalue weighted by atomic mass is 9.80. The van der Waals surface area contributed by atoms with Crippen molar-refractivity contribution in [2.45, 2.75) is 32.7 Å². The Morgan fingerprint density at radius 2 is 2.06 bits per heavy atom. The van der Waals surface area contributed by atoms with E-state index < -0.39 is 0 Å². The average Bonchev–Trinajstić information content (AvgIpc) is 2.27. The number of anilines is 1. The van der Waals surface area contributed by atoms with Gasteiger partial charge in [-0.1, -0.05) is 6.07 Å². The van der Waals surface area contributed by atoms with Gasteiger partial charge >= 0.3 is 0 Å². The van der Waals surface area contributed by atoms with Crippen molar-refractivity contribution in [1.29, 1.82) is 0 Å². The zero-order valence-corrected chi connectivity index (χ0v) is 11.1. The molecule has 98 valence electrons. The van der Waals surface area contributed by atoms with Crippen LogP contribution in [0.2, 0.25) is 0 Å². The van der Waals surface area contributed by atoms with Gasteiger partial charge < -0.3 is 15.8 Å². The molecule has 0 aromatic heterocycles. The summed E-state index contributed by atoms with van der Waals surface area (Å²) in [7, 11) is 1.61. The van der Waals surface area contributed by atoms with Crippen LogP contribution in [0.3, 0.4) is 0 Å². The number of carbonyl (C=O) groups is 1. The van der Waals surface area contributed by atoms with Gasteiger partial charge in [0.05, 0.1) is 12.8 Å². The highest BCUT2D eigenvalue weighted by atomic mass is 16.5. The normalized spacial score (nSPS) is 22.2. The molecule has 1 aromatic rings. The van der Waals surface area contributed by atoms with Gasteiger partial charge in [-0.2, -0.15) is 0 Å². The molecule has 1 aromatic carbocycles. The van der Waals surface area contributed by atoms with Gasteiger partial charge in [-0.05, 0) is 43.9 Å². The second-order valence-corrected chi connectivity index (χ2v) is 5.08. The van der Waals surface area contributed by atoms with Crippen molar-refractivity contribution in [2.75, 3.05) is 12.4 Å². The summed E-state index contributed by atoms with van der Waals surface area (Å²) in [5, 5.41) is 2.96. The second kappa shape index (κ2) is 4.98. The summed E-state index contributed by atoms with van der Waals surface area (Å²) in [5.41, 5.74) is 8.61. The fourth-order valence-corrected chi connectivity index (χ4v) is 2.35. The van der Waals surface area contributed by atoms with E-state index >= 15 is 0 Å². The van der Waals surface area contributed by atoms with Crippen LogP contribution in [0.4, 0.5) is 5.69 Å². The molecule has 4 nitrogen and oxygen atoms in total. The summed E-state index contributed by atoms with van der Waals surface area (Å²) in [6, 6.07) is 4.14. The number of nitrogens with two attached hydrogens (primary N) is 1. The van der Waals surface area contributed by atoms with Crippen molar-refractivity contribution in [1.82, 2.24) is 0 Å². The largest absolute Gasteiger partial charge is 0.495 e. The third kappa shape index (κ3) is 2.48. The smallest absolute Gasteiger partial charge is 0.227 e. The van der Waals surface area contributed by atoms with E-state index in [9.17, 15) is 4.79 Å². The highest BCUT2D eigenvalue weighted by Crippen LogP contribution is 2.32. The van der Waals surface area contributed by atoms with E-state index in [4.69, 9.17) is 10.5 Å². The number of ether oxygens (including phenoxy) is 1. The number of hydrogen-bond acceptors (Lipinski definition) is 3. The molecule has 1 aliphatic rings. The van der Waals surface area contributed by atoms with Crippen molar-refractivity contribution in [3.63, 3.8) is 0 Å². The van der Waals surface area contributed by atoms with Crippen LogP contribution < -0.4 is 15.8 Å². The molecule has 18 heavy (non-hydrogen) atoms. The maximum Gasteiger partial charge on any atom is 0.227 e. The molecular weight excluding hydrogens is 228 g/mol. The summed E-state index contributed by atoms with van der Waals surface area (Å²) in [5.74, 6) is 0.803. The first-order chi connectivity index (χ1) is 8.51. The third-order valence-electron chi connectivity index (χ3n) is 3.46. The number of rotatable bonds is 3. The molecule has 2 rings (SSSR count). The molecule has 3 N–H and O–H groups in total. The zero-order chi connectivity index (χ0) is 13.3. The van der Waals surface area contributed by atoms with Crippen LogP contribution in [0, 0.1) is 19.8 Å². The highest BCUT2D eigenvalue weighted by Gasteiger charge is 2.32. The number of amides is 1. The number of hydrogen-bond donors (Lipinski definition) is 2. The Hall–Kier alpha value is -1.55. The van der Waals surface area contributed by atoms with Crippen LogP contribution in [-0.4, -0.2) is 19.1 Å². The number of carbonyl (C=O) groups excluding carboxylic acids is 1. The Morgan fingerprint density at radius 1 is 1.39 bits per heavy atom. The van der Waals surface area contributed by atoms with Crippen molar-refractivity contribution in [2.24, 2.45) is 11.7 Å². The van der Waals surface area contributed by atoms with Gasteiger partial charge in [0.15, 0.2) is 0 Å². The topological polar surface area (TPSA) is 64.3 Å². The molecule has 1 aliphatic carbocycles. The summed E-state index contributed by atoms with van der Waals surface area (Å²) in [6.07, 6.45) is 1.55. The number of methoxy groups -OCH3 is 1. The van der Waals surface area contributed by atoms with Gasteiger partial charge in [0.25, 0.3) is 0 Å². The quantitative estimate of drug-likeness (QED) is 0.859. The van der Waals surface area contributed by atoms with E-state index in [0.717, 1.165) is 29.7 Å². The molecule has 4 heteroatoms. The molecule has 0 bridgehead atoms. The summed E-state index contributed by atoms with van der Waals surface area (Å²) < 4.78 is 5.32. The van der Waals surface area contributed by atoms with Crippen LogP contribution in [0.25, 0.3) is 0 Å². The minimum atomic E-state index is 0.0435. The fraction of sp³-hybridized carbons (Fsp3) is 0.500. The maximum absolute atomic E-state index is 12.0. The van der Waals surface area contributed by atoms with Gasteiger partial charge in [0, 0.05) is 12.0 Å². The number of benzene rings is 1. The third-order valence-corrected chi connectivity index (χ3v) is 3.46. The van der Waals surface area contributed by atoms with Gasteiger partial charge in [-0.3, -0.25) is 4.79 Å². The first kappa shape index (κ1) is 12.9. The Labute approximate surface area is 108 Å². The first-order valence-corrected chi connectivity index (χ1v) is 6.23. The second-order valence-electron chi connectivity index (χ2n) is 5.08. The Balaban J connectivity index is 2.15. The monoisotopic (exact) mass is 248 g/mol.